The number of hydrogen-bond donors (Lipinski definition) is 3. The fourth-order valence-electron chi connectivity index (χ4n) is 4.54. The van der Waals surface area contributed by atoms with Crippen LogP contribution in [0.25, 0.3) is 11.3 Å². The zero-order valence-corrected chi connectivity index (χ0v) is 24.0. The Hall–Kier alpha value is -3.72. The second-order valence-electron chi connectivity index (χ2n) is 9.50. The average molecular weight is 617 g/mol. The van der Waals surface area contributed by atoms with E-state index in [1.165, 1.54) is 18.3 Å². The molecule has 3 aromatic carbocycles. The van der Waals surface area contributed by atoms with Gasteiger partial charge in [-0.15, -0.1) is 0 Å². The van der Waals surface area contributed by atoms with Gasteiger partial charge in [0.1, 0.15) is 16.9 Å². The van der Waals surface area contributed by atoms with E-state index in [0.29, 0.717) is 27.3 Å². The molecule has 2 heterocycles. The van der Waals surface area contributed by atoms with Gasteiger partial charge in [0.05, 0.1) is 29.2 Å². The smallest absolute Gasteiger partial charge is 0.242 e. The molecule has 14 heteroatoms. The van der Waals surface area contributed by atoms with Crippen molar-refractivity contribution >= 4 is 36.8 Å². The van der Waals surface area contributed by atoms with Crippen molar-refractivity contribution in [1.82, 2.24) is 19.4 Å². The molecule has 0 bridgehead atoms. The van der Waals surface area contributed by atoms with Crippen molar-refractivity contribution in [3.63, 3.8) is 0 Å². The lowest BCUT2D eigenvalue weighted by Crippen LogP contribution is -2.31. The predicted octanol–water partition coefficient (Wildman–Crippen LogP) is 3.11. The van der Waals surface area contributed by atoms with Crippen molar-refractivity contribution in [2.24, 2.45) is 0 Å². The van der Waals surface area contributed by atoms with Gasteiger partial charge in [-0.3, -0.25) is 13.7 Å². The van der Waals surface area contributed by atoms with Crippen LogP contribution >= 0.6 is 0 Å². The fourth-order valence-corrected chi connectivity index (χ4v) is 7.76. The van der Waals surface area contributed by atoms with E-state index in [1.807, 2.05) is 4.72 Å². The maximum Gasteiger partial charge on any atom is 0.242 e. The van der Waals surface area contributed by atoms with E-state index in [0.717, 1.165) is 12.1 Å². The second-order valence-corrected chi connectivity index (χ2v) is 14.5. The van der Waals surface area contributed by atoms with Crippen LogP contribution in [0, 0.1) is 5.82 Å². The minimum absolute atomic E-state index is 0.107. The molecule has 0 aliphatic carbocycles. The molecule has 5 rings (SSSR count). The number of amides is 1. The monoisotopic (exact) mass is 616 g/mol. The van der Waals surface area contributed by atoms with Crippen molar-refractivity contribution in [3.05, 3.63) is 102 Å². The van der Waals surface area contributed by atoms with E-state index >= 15 is 0 Å². The third-order valence-electron chi connectivity index (χ3n) is 6.60. The number of carbonyl (C=O) groups excluding carboxylic acids is 1. The standard InChI is InChI=1S/C27H25FN4O6S3/c1-39(34)21-6-2-4-19(13-21)24-16-29-27(30-24)23(31-40(35,36)22-7-3-5-20(28)14-22)12-17-8-10-18(11-9-17)25-15-26(33)32-41(25,37)38/h2-11,13-14,16,23,25,31H,12,15H2,1H3,(H,29,30)(H,32,33). The Balaban J connectivity index is 1.47. The highest BCUT2D eigenvalue weighted by Gasteiger charge is 2.37. The Bertz CT molecular complexity index is 1860. The Morgan fingerprint density at radius 2 is 1.83 bits per heavy atom. The molecule has 1 fully saturated rings. The summed E-state index contributed by atoms with van der Waals surface area (Å²) in [6.07, 6.45) is 3.03. The number of benzene rings is 3. The van der Waals surface area contributed by atoms with E-state index in [-0.39, 0.29) is 23.6 Å². The Labute approximate surface area is 239 Å². The lowest BCUT2D eigenvalue weighted by atomic mass is 10.0. The highest BCUT2D eigenvalue weighted by atomic mass is 32.2. The van der Waals surface area contributed by atoms with Crippen LogP contribution in [0.2, 0.25) is 0 Å². The summed E-state index contributed by atoms with van der Waals surface area (Å²) in [4.78, 5) is 19.5. The van der Waals surface area contributed by atoms with E-state index in [9.17, 15) is 30.2 Å². The Kier molecular flexibility index (Phi) is 7.92. The second kappa shape index (κ2) is 11.3. The van der Waals surface area contributed by atoms with Crippen LogP contribution < -0.4 is 9.44 Å². The van der Waals surface area contributed by atoms with E-state index in [2.05, 4.69) is 14.7 Å². The van der Waals surface area contributed by atoms with Crippen LogP contribution in [-0.2, 0) is 42.1 Å². The van der Waals surface area contributed by atoms with Crippen LogP contribution in [0.3, 0.4) is 0 Å². The number of nitrogens with one attached hydrogen (secondary N) is 3. The first kappa shape index (κ1) is 28.8. The van der Waals surface area contributed by atoms with Crippen molar-refractivity contribution < 1.29 is 30.2 Å². The minimum Gasteiger partial charge on any atom is -0.341 e. The summed E-state index contributed by atoms with van der Waals surface area (Å²) >= 11 is 0. The first-order valence-corrected chi connectivity index (χ1v) is 16.9. The van der Waals surface area contributed by atoms with Crippen molar-refractivity contribution in [2.45, 2.75) is 33.9 Å². The van der Waals surface area contributed by atoms with Gasteiger partial charge in [-0.1, -0.05) is 42.5 Å². The summed E-state index contributed by atoms with van der Waals surface area (Å²) < 4.78 is 81.3. The molecule has 1 aliphatic rings. The minimum atomic E-state index is -4.18. The molecule has 1 aromatic heterocycles. The molecule has 3 atom stereocenters. The van der Waals surface area contributed by atoms with Gasteiger partial charge in [0.2, 0.25) is 26.0 Å². The first-order valence-electron chi connectivity index (χ1n) is 12.3. The number of aromatic amines is 1. The summed E-state index contributed by atoms with van der Waals surface area (Å²) in [5, 5.41) is -1.01. The number of imidazole rings is 1. The molecule has 1 saturated heterocycles. The molecule has 41 heavy (non-hydrogen) atoms. The summed E-state index contributed by atoms with van der Waals surface area (Å²) in [5.41, 5.74) is 2.35. The molecule has 1 amide bonds. The van der Waals surface area contributed by atoms with Gasteiger partial charge >= 0.3 is 0 Å². The average Bonchev–Trinajstić information content (AvgIpc) is 3.52. The van der Waals surface area contributed by atoms with Gasteiger partial charge in [-0.2, -0.15) is 0 Å². The topological polar surface area (TPSA) is 155 Å². The zero-order chi connectivity index (χ0) is 29.4. The molecule has 1 aliphatic heterocycles. The number of sulfonamides is 2. The lowest BCUT2D eigenvalue weighted by Gasteiger charge is -2.18. The van der Waals surface area contributed by atoms with Gasteiger partial charge in [-0.25, -0.2) is 30.9 Å². The highest BCUT2D eigenvalue weighted by molar-refractivity contribution is 7.90. The maximum atomic E-state index is 13.8. The van der Waals surface area contributed by atoms with Crippen molar-refractivity contribution in [3.8, 4) is 11.3 Å². The van der Waals surface area contributed by atoms with Crippen molar-refractivity contribution in [1.29, 1.82) is 0 Å². The van der Waals surface area contributed by atoms with Crippen molar-refractivity contribution in [2.75, 3.05) is 6.26 Å². The quantitative estimate of drug-likeness (QED) is 0.261. The van der Waals surface area contributed by atoms with Crippen LogP contribution in [0.15, 0.2) is 88.8 Å². The largest absolute Gasteiger partial charge is 0.341 e. The molecular formula is C27H25FN4O6S3. The van der Waals surface area contributed by atoms with Crippen LogP contribution in [0.1, 0.15) is 34.7 Å². The Morgan fingerprint density at radius 1 is 1.10 bits per heavy atom. The highest BCUT2D eigenvalue weighted by Crippen LogP contribution is 2.31. The van der Waals surface area contributed by atoms with E-state index in [1.54, 1.807) is 54.8 Å². The molecule has 0 radical (unpaired) electrons. The lowest BCUT2D eigenvalue weighted by molar-refractivity contribution is -0.118. The van der Waals surface area contributed by atoms with Crippen LogP contribution in [0.4, 0.5) is 4.39 Å². The number of aromatic nitrogens is 2. The SMILES string of the molecule is CS(=O)c1cccc(-c2cnc(C(Cc3ccc(C4CC(=O)NS4(=O)=O)cc3)NS(=O)(=O)c3cccc(F)c3)[nH]2)c1. The van der Waals surface area contributed by atoms with Crippen LogP contribution in [-0.4, -0.2) is 43.2 Å². The summed E-state index contributed by atoms with van der Waals surface area (Å²) in [6.45, 7) is 0. The third kappa shape index (κ3) is 6.45. The van der Waals surface area contributed by atoms with E-state index < -0.39 is 53.9 Å². The van der Waals surface area contributed by atoms with Crippen LogP contribution in [0.5, 0.6) is 0 Å². The Morgan fingerprint density at radius 3 is 2.49 bits per heavy atom. The molecule has 0 saturated carbocycles. The van der Waals surface area contributed by atoms with E-state index in [4.69, 9.17) is 0 Å². The maximum absolute atomic E-state index is 13.8. The number of hydrogen-bond acceptors (Lipinski definition) is 7. The summed E-state index contributed by atoms with van der Waals surface area (Å²) in [6, 6.07) is 17.2. The summed E-state index contributed by atoms with van der Waals surface area (Å²) in [7, 11) is -9.20. The molecule has 4 aromatic rings. The molecule has 3 unspecified atom stereocenters. The zero-order valence-electron chi connectivity index (χ0n) is 21.6. The van der Waals surface area contributed by atoms with Gasteiger partial charge in [0.15, 0.2) is 0 Å². The number of rotatable bonds is 9. The first-order chi connectivity index (χ1) is 19.4. The fraction of sp³-hybridized carbons (Fsp3) is 0.185. The molecule has 10 nitrogen and oxygen atoms in total. The normalized spacial score (nSPS) is 18.1. The number of nitrogens with zero attached hydrogens (tertiary/aromatic N) is 1. The number of carbonyl (C=O) groups is 1. The molecule has 0 spiro atoms. The van der Waals surface area contributed by atoms with Gasteiger partial charge < -0.3 is 4.98 Å². The number of H-pyrrole nitrogens is 1. The molecule has 3 N–H and O–H groups in total. The number of halogens is 1. The predicted molar refractivity (Wildman–Crippen MR) is 150 cm³/mol. The van der Waals surface area contributed by atoms with Gasteiger partial charge in [0.25, 0.3) is 0 Å². The molecule has 214 valence electrons. The third-order valence-corrected chi connectivity index (χ3v) is 10.7. The molecular weight excluding hydrogens is 592 g/mol. The van der Waals surface area contributed by atoms with Gasteiger partial charge in [0, 0.05) is 27.5 Å². The van der Waals surface area contributed by atoms with Gasteiger partial charge in [-0.05, 0) is 47.9 Å². The summed E-state index contributed by atoms with van der Waals surface area (Å²) in [5.74, 6) is -1.00.